The fourth-order valence-electron chi connectivity index (χ4n) is 3.86. The van der Waals surface area contributed by atoms with Gasteiger partial charge in [-0.1, -0.05) is 34.6 Å². The zero-order valence-electron chi connectivity index (χ0n) is 18.7. The van der Waals surface area contributed by atoms with E-state index in [1.165, 1.54) is 4.68 Å². The summed E-state index contributed by atoms with van der Waals surface area (Å²) in [5.74, 6) is 1.09. The molecule has 0 aromatic carbocycles. The predicted octanol–water partition coefficient (Wildman–Crippen LogP) is 4.27. The summed E-state index contributed by atoms with van der Waals surface area (Å²) in [6, 6.07) is 3.52. The molecule has 0 fully saturated rings. The molecule has 4 rings (SSSR count). The van der Waals surface area contributed by atoms with Crippen molar-refractivity contribution in [3.8, 4) is 5.95 Å². The van der Waals surface area contributed by atoms with E-state index < -0.39 is 5.91 Å². The molecule has 1 amide bonds. The van der Waals surface area contributed by atoms with Crippen LogP contribution >= 0.6 is 0 Å². The molecule has 1 aliphatic rings. The lowest BCUT2D eigenvalue weighted by atomic mass is 9.76. The summed E-state index contributed by atoms with van der Waals surface area (Å²) in [6.45, 7) is 11.9. The van der Waals surface area contributed by atoms with Gasteiger partial charge in [-0.05, 0) is 18.4 Å². The van der Waals surface area contributed by atoms with E-state index in [4.69, 9.17) is 4.42 Å². The van der Waals surface area contributed by atoms with Crippen LogP contribution in [0.3, 0.4) is 0 Å². The molecule has 0 saturated heterocycles. The van der Waals surface area contributed by atoms with Gasteiger partial charge in [0.1, 0.15) is 11.6 Å². The molecular weight excluding hydrogens is 394 g/mol. The van der Waals surface area contributed by atoms with Gasteiger partial charge in [-0.25, -0.2) is 9.97 Å². The van der Waals surface area contributed by atoms with Crippen molar-refractivity contribution in [3.05, 3.63) is 52.9 Å². The number of carbonyl (C=O) groups is 2. The summed E-state index contributed by atoms with van der Waals surface area (Å²) in [5.41, 5.74) is 1.47. The molecule has 3 aromatic rings. The highest BCUT2D eigenvalue weighted by Crippen LogP contribution is 2.38. The van der Waals surface area contributed by atoms with Crippen LogP contribution in [0.25, 0.3) is 5.95 Å². The van der Waals surface area contributed by atoms with Crippen molar-refractivity contribution in [1.29, 1.82) is 0 Å². The van der Waals surface area contributed by atoms with Gasteiger partial charge in [0, 0.05) is 42.3 Å². The Morgan fingerprint density at radius 1 is 1.19 bits per heavy atom. The van der Waals surface area contributed by atoms with Crippen molar-refractivity contribution in [2.45, 2.75) is 59.8 Å². The van der Waals surface area contributed by atoms with Gasteiger partial charge < -0.3 is 9.73 Å². The Morgan fingerprint density at radius 3 is 2.52 bits per heavy atom. The number of rotatable bonds is 3. The maximum absolute atomic E-state index is 13.2. The van der Waals surface area contributed by atoms with Crippen LogP contribution in [0, 0.1) is 12.3 Å². The number of fused-ring (bicyclic) bond motifs is 1. The van der Waals surface area contributed by atoms with Crippen LogP contribution in [0.15, 0.2) is 28.9 Å². The van der Waals surface area contributed by atoms with E-state index in [-0.39, 0.29) is 22.4 Å². The second-order valence-corrected chi connectivity index (χ2v) is 9.87. The van der Waals surface area contributed by atoms with Crippen LogP contribution in [-0.2, 0) is 11.8 Å². The SMILES string of the molecule is Cc1c(C(=O)Nc2cc(C(C)(C)C)nn2-c2ncccn2)oc2c1C(=O)CC(C)(C)C2. The van der Waals surface area contributed by atoms with Crippen molar-refractivity contribution in [3.63, 3.8) is 0 Å². The number of nitrogens with zero attached hydrogens (tertiary/aromatic N) is 4. The first-order valence-corrected chi connectivity index (χ1v) is 10.3. The smallest absolute Gasteiger partial charge is 0.292 e. The van der Waals surface area contributed by atoms with Crippen LogP contribution < -0.4 is 5.32 Å². The van der Waals surface area contributed by atoms with Gasteiger partial charge in [-0.3, -0.25) is 9.59 Å². The molecule has 8 heteroatoms. The van der Waals surface area contributed by atoms with Crippen LogP contribution in [-0.4, -0.2) is 31.4 Å². The van der Waals surface area contributed by atoms with E-state index in [1.807, 2.05) is 34.6 Å². The Labute approximate surface area is 181 Å². The first kappa shape index (κ1) is 21.0. The van der Waals surface area contributed by atoms with Gasteiger partial charge in [0.2, 0.25) is 0 Å². The first-order chi connectivity index (χ1) is 14.5. The molecular formula is C23H27N5O3. The molecule has 0 radical (unpaired) electrons. The highest BCUT2D eigenvalue weighted by molar-refractivity contribution is 6.07. The van der Waals surface area contributed by atoms with E-state index in [2.05, 4.69) is 20.4 Å². The molecule has 0 bridgehead atoms. The fourth-order valence-corrected chi connectivity index (χ4v) is 3.86. The van der Waals surface area contributed by atoms with Gasteiger partial charge in [0.25, 0.3) is 11.9 Å². The van der Waals surface area contributed by atoms with Crippen LogP contribution in [0.5, 0.6) is 0 Å². The molecule has 3 heterocycles. The number of anilines is 1. The van der Waals surface area contributed by atoms with E-state index in [0.29, 0.717) is 41.5 Å². The topological polar surface area (TPSA) is 103 Å². The third kappa shape index (κ3) is 3.89. The van der Waals surface area contributed by atoms with Crippen molar-refractivity contribution < 1.29 is 14.0 Å². The predicted molar refractivity (Wildman–Crippen MR) is 116 cm³/mol. The number of amides is 1. The summed E-state index contributed by atoms with van der Waals surface area (Å²) in [4.78, 5) is 34.3. The van der Waals surface area contributed by atoms with Gasteiger partial charge >= 0.3 is 0 Å². The van der Waals surface area contributed by atoms with Crippen molar-refractivity contribution >= 4 is 17.5 Å². The average Bonchev–Trinajstić information content (AvgIpc) is 3.23. The minimum absolute atomic E-state index is 0.0179. The van der Waals surface area contributed by atoms with Crippen molar-refractivity contribution in [2.75, 3.05) is 5.32 Å². The van der Waals surface area contributed by atoms with Gasteiger partial charge in [-0.2, -0.15) is 9.78 Å². The van der Waals surface area contributed by atoms with E-state index in [9.17, 15) is 9.59 Å². The number of Topliss-reactive ketones (excluding diaryl/α,β-unsaturated/α-hetero) is 1. The molecule has 162 valence electrons. The lowest BCUT2D eigenvalue weighted by Gasteiger charge is -2.27. The number of carbonyl (C=O) groups excluding carboxylic acids is 2. The highest BCUT2D eigenvalue weighted by Gasteiger charge is 2.37. The standard InChI is InChI=1S/C23H27N5O3/c1-13-18-14(29)11-23(5,6)12-15(18)31-19(13)20(30)26-17-10-16(22(2,3)4)27-28(17)21-24-8-7-9-25-21/h7-10H,11-12H2,1-6H3,(H,26,30). The number of furan rings is 1. The molecule has 0 unspecified atom stereocenters. The molecule has 1 aliphatic carbocycles. The van der Waals surface area contributed by atoms with Crippen LogP contribution in [0.4, 0.5) is 5.82 Å². The van der Waals surface area contributed by atoms with Crippen LogP contribution in [0.1, 0.15) is 79.0 Å². The minimum atomic E-state index is -0.435. The van der Waals surface area contributed by atoms with Crippen molar-refractivity contribution in [2.24, 2.45) is 5.41 Å². The highest BCUT2D eigenvalue weighted by atomic mass is 16.4. The molecule has 0 spiro atoms. The first-order valence-electron chi connectivity index (χ1n) is 10.3. The number of hydrogen-bond acceptors (Lipinski definition) is 6. The molecule has 1 N–H and O–H groups in total. The molecule has 8 nitrogen and oxygen atoms in total. The van der Waals surface area contributed by atoms with E-state index in [1.54, 1.807) is 31.5 Å². The third-order valence-corrected chi connectivity index (χ3v) is 5.44. The quantitative estimate of drug-likeness (QED) is 0.677. The molecule has 3 aromatic heterocycles. The minimum Gasteiger partial charge on any atom is -0.455 e. The number of hydrogen-bond donors (Lipinski definition) is 1. The maximum atomic E-state index is 13.2. The summed E-state index contributed by atoms with van der Waals surface area (Å²) in [5, 5.41) is 7.49. The summed E-state index contributed by atoms with van der Waals surface area (Å²) < 4.78 is 7.41. The molecule has 0 saturated carbocycles. The van der Waals surface area contributed by atoms with Gasteiger partial charge in [0.15, 0.2) is 11.5 Å². The number of ketones is 1. The Balaban J connectivity index is 1.72. The lowest BCUT2D eigenvalue weighted by Crippen LogP contribution is -2.26. The lowest BCUT2D eigenvalue weighted by molar-refractivity contribution is 0.0898. The van der Waals surface area contributed by atoms with Crippen LogP contribution in [0.2, 0.25) is 0 Å². The summed E-state index contributed by atoms with van der Waals surface area (Å²) in [7, 11) is 0. The normalized spacial score (nSPS) is 15.6. The Morgan fingerprint density at radius 2 is 1.87 bits per heavy atom. The Hall–Kier alpha value is -3.29. The van der Waals surface area contributed by atoms with Gasteiger partial charge in [0.05, 0.1) is 11.3 Å². The summed E-state index contributed by atoms with van der Waals surface area (Å²) >= 11 is 0. The second-order valence-electron chi connectivity index (χ2n) is 9.87. The molecule has 31 heavy (non-hydrogen) atoms. The molecule has 0 atom stereocenters. The van der Waals surface area contributed by atoms with E-state index >= 15 is 0 Å². The second kappa shape index (κ2) is 7.14. The fraction of sp³-hybridized carbons (Fsp3) is 0.435. The number of aromatic nitrogens is 4. The maximum Gasteiger partial charge on any atom is 0.292 e. The Kier molecular flexibility index (Phi) is 4.83. The zero-order valence-corrected chi connectivity index (χ0v) is 18.7. The third-order valence-electron chi connectivity index (χ3n) is 5.44. The Bertz CT molecular complexity index is 1170. The summed E-state index contributed by atoms with van der Waals surface area (Å²) in [6.07, 6.45) is 4.29. The van der Waals surface area contributed by atoms with Gasteiger partial charge in [-0.15, -0.1) is 0 Å². The number of nitrogens with one attached hydrogen (secondary N) is 1. The molecule has 0 aliphatic heterocycles. The monoisotopic (exact) mass is 421 g/mol. The zero-order chi connectivity index (χ0) is 22.6. The van der Waals surface area contributed by atoms with Crippen molar-refractivity contribution in [1.82, 2.24) is 19.7 Å². The average molecular weight is 422 g/mol. The largest absolute Gasteiger partial charge is 0.455 e. The van der Waals surface area contributed by atoms with E-state index in [0.717, 1.165) is 5.69 Å².